The lowest BCUT2D eigenvalue weighted by atomic mass is 10.2. The van der Waals surface area contributed by atoms with Gasteiger partial charge in [0.05, 0.1) is 23.8 Å². The molecule has 0 saturated carbocycles. The average molecular weight is 153 g/mol. The van der Waals surface area contributed by atoms with Crippen molar-refractivity contribution in [1.82, 2.24) is 0 Å². The molecule has 0 aliphatic carbocycles. The minimum atomic E-state index is 0.179. The maximum Gasteiger partial charge on any atom is 0.0991 e. The highest BCUT2D eigenvalue weighted by molar-refractivity contribution is 7.94. The van der Waals surface area contributed by atoms with Gasteiger partial charge in [-0.05, 0) is 24.3 Å². The monoisotopic (exact) mass is 153 g/mol. The van der Waals surface area contributed by atoms with Crippen LogP contribution in [0, 0.1) is 11.3 Å². The lowest BCUT2D eigenvalue weighted by Crippen LogP contribution is -1.71. The second-order valence-electron chi connectivity index (χ2n) is 1.71. The summed E-state index contributed by atoms with van der Waals surface area (Å²) < 4.78 is 11.8. The first-order chi connectivity index (χ1) is 4.86. The van der Waals surface area contributed by atoms with Crippen molar-refractivity contribution in [3.8, 4) is 6.07 Å². The van der Waals surface area contributed by atoms with Gasteiger partial charge in [0.1, 0.15) is 0 Å². The van der Waals surface area contributed by atoms with Crippen LogP contribution in [0.3, 0.4) is 0 Å². The van der Waals surface area contributed by atoms with Crippen LogP contribution in [0.4, 0.5) is 3.89 Å². The number of nitriles is 1. The van der Waals surface area contributed by atoms with Crippen LogP contribution in [0.25, 0.3) is 0 Å². The van der Waals surface area contributed by atoms with Gasteiger partial charge in [0.25, 0.3) is 0 Å². The molecule has 0 heterocycles. The van der Waals surface area contributed by atoms with Crippen molar-refractivity contribution in [3.63, 3.8) is 0 Å². The van der Waals surface area contributed by atoms with Crippen LogP contribution in [0.1, 0.15) is 5.56 Å². The second-order valence-corrected chi connectivity index (χ2v) is 2.34. The van der Waals surface area contributed by atoms with Gasteiger partial charge in [-0.2, -0.15) is 9.15 Å². The Morgan fingerprint density at radius 3 is 2.30 bits per heavy atom. The van der Waals surface area contributed by atoms with Gasteiger partial charge in [-0.25, -0.2) is 0 Å². The Balaban J connectivity index is 2.93. The molecule has 50 valence electrons. The van der Waals surface area contributed by atoms with E-state index in [9.17, 15) is 3.89 Å². The molecule has 0 bridgehead atoms. The molecule has 0 spiro atoms. The average Bonchev–Trinajstić information content (AvgIpc) is 2.05. The highest BCUT2D eigenvalue weighted by Crippen LogP contribution is 2.18. The van der Waals surface area contributed by atoms with E-state index >= 15 is 0 Å². The molecule has 0 aromatic heterocycles. The number of benzene rings is 1. The van der Waals surface area contributed by atoms with Gasteiger partial charge in [-0.1, -0.05) is 0 Å². The minimum Gasteiger partial charge on any atom is -0.192 e. The van der Waals surface area contributed by atoms with E-state index in [-0.39, 0.29) is 12.1 Å². The van der Waals surface area contributed by atoms with E-state index in [2.05, 4.69) is 0 Å². The minimum absolute atomic E-state index is 0.179. The summed E-state index contributed by atoms with van der Waals surface area (Å²) in [6.07, 6.45) is 0. The summed E-state index contributed by atoms with van der Waals surface area (Å²) in [6.45, 7) is 0. The molecule has 0 radical (unpaired) electrons. The standard InChI is InChI=1S/C7H4FNS/c8-10-7-3-1-6(5-9)2-4-7/h1-4H. The summed E-state index contributed by atoms with van der Waals surface area (Å²) in [6, 6.07) is 8.26. The first-order valence-electron chi connectivity index (χ1n) is 2.65. The van der Waals surface area contributed by atoms with Gasteiger partial charge < -0.3 is 0 Å². The Bertz CT molecular complexity index is 249. The topological polar surface area (TPSA) is 23.8 Å². The number of halogens is 1. The van der Waals surface area contributed by atoms with Gasteiger partial charge in [-0.15, -0.1) is 0 Å². The number of hydrogen-bond acceptors (Lipinski definition) is 2. The number of nitrogens with zero attached hydrogens (tertiary/aromatic N) is 1. The Kier molecular flexibility index (Phi) is 2.30. The molecule has 3 heteroatoms. The molecule has 0 N–H and O–H groups in total. The molecule has 0 unspecified atom stereocenters. The Labute approximate surface area is 62.8 Å². The molecule has 1 rings (SSSR count). The summed E-state index contributed by atoms with van der Waals surface area (Å²) >= 11 is 0.179. The third-order valence-electron chi connectivity index (χ3n) is 1.07. The summed E-state index contributed by atoms with van der Waals surface area (Å²) in [5.41, 5.74) is 0.554. The van der Waals surface area contributed by atoms with Crippen molar-refractivity contribution in [2.75, 3.05) is 0 Å². The van der Waals surface area contributed by atoms with Crippen LogP contribution >= 0.6 is 12.1 Å². The predicted octanol–water partition coefficient (Wildman–Crippen LogP) is 2.53. The van der Waals surface area contributed by atoms with E-state index < -0.39 is 0 Å². The fraction of sp³-hybridized carbons (Fsp3) is 0. The zero-order valence-electron chi connectivity index (χ0n) is 5.04. The van der Waals surface area contributed by atoms with E-state index in [0.717, 1.165) is 0 Å². The van der Waals surface area contributed by atoms with E-state index in [0.29, 0.717) is 10.5 Å². The predicted molar refractivity (Wildman–Crippen MR) is 38.1 cm³/mol. The van der Waals surface area contributed by atoms with Crippen LogP contribution in [0.15, 0.2) is 29.2 Å². The van der Waals surface area contributed by atoms with Crippen molar-refractivity contribution in [1.29, 1.82) is 5.26 Å². The number of hydrogen-bond donors (Lipinski definition) is 0. The van der Waals surface area contributed by atoms with Crippen LogP contribution in [-0.2, 0) is 0 Å². The van der Waals surface area contributed by atoms with E-state index in [4.69, 9.17) is 5.26 Å². The van der Waals surface area contributed by atoms with Gasteiger partial charge in [-0.3, -0.25) is 0 Å². The SMILES string of the molecule is N#Cc1ccc(SF)cc1. The zero-order valence-corrected chi connectivity index (χ0v) is 5.86. The van der Waals surface area contributed by atoms with Crippen LogP contribution in [0.2, 0.25) is 0 Å². The largest absolute Gasteiger partial charge is 0.192 e. The normalized spacial score (nSPS) is 8.80. The Morgan fingerprint density at radius 2 is 1.90 bits per heavy atom. The van der Waals surface area contributed by atoms with Gasteiger partial charge in [0, 0.05) is 4.90 Å². The molecule has 0 fully saturated rings. The third kappa shape index (κ3) is 1.49. The van der Waals surface area contributed by atoms with E-state index in [1.807, 2.05) is 6.07 Å². The van der Waals surface area contributed by atoms with Crippen molar-refractivity contribution in [2.24, 2.45) is 0 Å². The van der Waals surface area contributed by atoms with Crippen LogP contribution < -0.4 is 0 Å². The fourth-order valence-electron chi connectivity index (χ4n) is 0.581. The zero-order chi connectivity index (χ0) is 7.40. The fourth-order valence-corrected chi connectivity index (χ4v) is 0.820. The maximum absolute atomic E-state index is 11.8. The first-order valence-corrected chi connectivity index (χ1v) is 3.37. The van der Waals surface area contributed by atoms with E-state index in [1.165, 1.54) is 0 Å². The molecule has 1 aromatic carbocycles. The highest BCUT2D eigenvalue weighted by atomic mass is 32.2. The molecule has 0 aliphatic rings. The molecule has 1 nitrogen and oxygen atoms in total. The van der Waals surface area contributed by atoms with Gasteiger partial charge >= 0.3 is 0 Å². The second kappa shape index (κ2) is 3.23. The summed E-state index contributed by atoms with van der Waals surface area (Å²) in [7, 11) is 0. The Hall–Kier alpha value is -1.01. The van der Waals surface area contributed by atoms with Crippen molar-refractivity contribution in [2.45, 2.75) is 4.90 Å². The molecule has 0 amide bonds. The quantitative estimate of drug-likeness (QED) is 0.619. The van der Waals surface area contributed by atoms with Crippen molar-refractivity contribution >= 4 is 12.1 Å². The molecular weight excluding hydrogens is 149 g/mol. The van der Waals surface area contributed by atoms with Crippen LogP contribution in [0.5, 0.6) is 0 Å². The smallest absolute Gasteiger partial charge is 0.0991 e. The van der Waals surface area contributed by atoms with Crippen LogP contribution in [-0.4, -0.2) is 0 Å². The van der Waals surface area contributed by atoms with Gasteiger partial charge in [0.15, 0.2) is 0 Å². The van der Waals surface area contributed by atoms with E-state index in [1.54, 1.807) is 24.3 Å². The molecule has 10 heavy (non-hydrogen) atoms. The molecule has 0 saturated heterocycles. The first kappa shape index (κ1) is 7.10. The molecular formula is C7H4FNS. The summed E-state index contributed by atoms with van der Waals surface area (Å²) in [4.78, 5) is 0.527. The molecule has 0 aliphatic heterocycles. The maximum atomic E-state index is 11.8. The third-order valence-corrected chi connectivity index (χ3v) is 1.52. The molecule has 1 aromatic rings. The van der Waals surface area contributed by atoms with Crippen molar-refractivity contribution < 1.29 is 3.89 Å². The van der Waals surface area contributed by atoms with Gasteiger partial charge in [0.2, 0.25) is 0 Å². The highest BCUT2D eigenvalue weighted by Gasteiger charge is 1.91. The number of rotatable bonds is 1. The summed E-state index contributed by atoms with van der Waals surface area (Å²) in [5.74, 6) is 0. The lowest BCUT2D eigenvalue weighted by Gasteiger charge is -1.89. The lowest BCUT2D eigenvalue weighted by molar-refractivity contribution is 0.934. The molecule has 0 atom stereocenters. The summed E-state index contributed by atoms with van der Waals surface area (Å²) in [5, 5.41) is 8.35. The Morgan fingerprint density at radius 1 is 1.30 bits per heavy atom. The van der Waals surface area contributed by atoms with Crippen molar-refractivity contribution in [3.05, 3.63) is 29.8 Å².